The van der Waals surface area contributed by atoms with Crippen molar-refractivity contribution in [3.8, 4) is 0 Å². The second-order valence-electron chi connectivity index (χ2n) is 12.0. The van der Waals surface area contributed by atoms with Crippen molar-refractivity contribution in [1.82, 2.24) is 10.2 Å². The van der Waals surface area contributed by atoms with E-state index in [9.17, 15) is 39.7 Å². The number of nitrogens with zero attached hydrogens (tertiary/aromatic N) is 3. The third-order valence-electron chi connectivity index (χ3n) is 8.71. The van der Waals surface area contributed by atoms with Crippen LogP contribution in [0.4, 0.5) is 21.0 Å². The third-order valence-corrected chi connectivity index (χ3v) is 9.90. The molecule has 0 aromatic heterocycles. The molecule has 1 saturated heterocycles. The first-order chi connectivity index (χ1) is 23.3. The first-order valence-electron chi connectivity index (χ1n) is 15.4. The number of likely N-dealkylation sites (tertiary alicyclic amines) is 1. The maximum Gasteiger partial charge on any atom is 0.410 e. The number of nitrogens with one attached hydrogen (secondary N) is 1. The molecule has 2 amide bonds. The number of ether oxygens (including phenoxy) is 2. The number of nitro benzene ring substituents is 2. The van der Waals surface area contributed by atoms with Gasteiger partial charge in [0.15, 0.2) is 5.12 Å². The third kappa shape index (κ3) is 7.51. The van der Waals surface area contributed by atoms with Crippen LogP contribution < -0.4 is 5.32 Å². The molecule has 0 bridgehead atoms. The zero-order chi connectivity index (χ0) is 35.3. The Kier molecular flexibility index (Phi) is 10.2. The molecule has 0 unspecified atom stereocenters. The minimum Gasteiger partial charge on any atom is -0.512 e. The number of fused-ring (bicyclic) bond motifs is 1. The smallest absolute Gasteiger partial charge is 0.410 e. The number of aliphatic hydroxyl groups excluding tert-OH is 1. The molecule has 1 aliphatic carbocycles. The van der Waals surface area contributed by atoms with Gasteiger partial charge in [0.25, 0.3) is 11.4 Å². The SMILES string of the molecule is CC(=O)S[C@@]1(CNC(=O)OCc2ccc([N+](=O)[O-])cc2)CC(O)=C([C@]2(C)CCCN2C(=O)OCc2ccc([N+](=O)[O-])cc2)c2ccccc21. The van der Waals surface area contributed by atoms with Crippen LogP contribution in [0.5, 0.6) is 0 Å². The summed E-state index contributed by atoms with van der Waals surface area (Å²) in [5.74, 6) is -0.0360. The molecule has 3 aromatic carbocycles. The van der Waals surface area contributed by atoms with Crippen LogP contribution in [-0.2, 0) is 32.2 Å². The van der Waals surface area contributed by atoms with Crippen LogP contribution in [-0.4, -0.2) is 55.8 Å². The molecule has 256 valence electrons. The lowest BCUT2D eigenvalue weighted by Crippen LogP contribution is -2.49. The molecule has 14 nitrogen and oxygen atoms in total. The van der Waals surface area contributed by atoms with E-state index in [0.717, 1.165) is 11.8 Å². The number of allylic oxidation sites excluding steroid dienone is 1. The number of hydrogen-bond donors (Lipinski definition) is 2. The van der Waals surface area contributed by atoms with Gasteiger partial charge in [-0.3, -0.25) is 29.9 Å². The van der Waals surface area contributed by atoms with Gasteiger partial charge in [-0.1, -0.05) is 36.0 Å². The standard InChI is InChI=1S/C34H34N4O10S/c1-22(39)49-34(21-35-31(41)47-19-23-8-12-25(13-9-23)37(43)44)18-29(40)30(27-6-3-4-7-28(27)34)33(2)16-5-17-36(33)32(42)48-20-24-10-14-26(15-11-24)38(45)46/h3-4,6-15,40H,5,16-21H2,1-2H3,(H,35,41)/t33-,34+/m0/s1. The van der Waals surface area contributed by atoms with Crippen LogP contribution in [0.15, 0.2) is 78.6 Å². The molecule has 5 rings (SSSR count). The molecule has 1 aliphatic heterocycles. The number of alkyl carbamates (subject to hydrolysis) is 1. The number of carbonyl (C=O) groups is 3. The maximum atomic E-state index is 13.5. The average Bonchev–Trinajstić information content (AvgIpc) is 3.47. The molecule has 2 aliphatic rings. The molecule has 49 heavy (non-hydrogen) atoms. The van der Waals surface area contributed by atoms with Crippen molar-refractivity contribution in [2.75, 3.05) is 13.1 Å². The lowest BCUT2D eigenvalue weighted by Gasteiger charge is -2.44. The van der Waals surface area contributed by atoms with Crippen molar-refractivity contribution in [3.63, 3.8) is 0 Å². The Morgan fingerprint density at radius 1 is 0.918 bits per heavy atom. The largest absolute Gasteiger partial charge is 0.512 e. The van der Waals surface area contributed by atoms with E-state index in [1.165, 1.54) is 55.5 Å². The van der Waals surface area contributed by atoms with Crippen LogP contribution in [0.25, 0.3) is 5.57 Å². The second-order valence-corrected chi connectivity index (χ2v) is 13.6. The Balaban J connectivity index is 1.35. The van der Waals surface area contributed by atoms with E-state index in [1.807, 2.05) is 19.1 Å². The summed E-state index contributed by atoms with van der Waals surface area (Å²) in [4.78, 5) is 61.3. The van der Waals surface area contributed by atoms with Crippen LogP contribution in [0.3, 0.4) is 0 Å². The number of non-ortho nitro benzene ring substituents is 2. The Labute approximate surface area is 285 Å². The number of nitro groups is 2. The number of aliphatic hydroxyl groups is 1. The molecule has 2 atom stereocenters. The van der Waals surface area contributed by atoms with Crippen molar-refractivity contribution in [2.24, 2.45) is 0 Å². The highest BCUT2D eigenvalue weighted by Crippen LogP contribution is 2.54. The predicted molar refractivity (Wildman–Crippen MR) is 179 cm³/mol. The Bertz CT molecular complexity index is 1810. The van der Waals surface area contributed by atoms with Gasteiger partial charge in [-0.2, -0.15) is 0 Å². The molecular formula is C34H34N4O10S. The highest BCUT2D eigenvalue weighted by molar-refractivity contribution is 8.14. The average molecular weight is 691 g/mol. The number of amides is 2. The van der Waals surface area contributed by atoms with Crippen LogP contribution in [0, 0.1) is 20.2 Å². The highest BCUT2D eigenvalue weighted by Gasteiger charge is 2.51. The molecule has 15 heteroatoms. The van der Waals surface area contributed by atoms with E-state index in [1.54, 1.807) is 17.0 Å². The summed E-state index contributed by atoms with van der Waals surface area (Å²) in [5.41, 5.74) is 1.81. The topological polar surface area (TPSA) is 191 Å². The van der Waals surface area contributed by atoms with Crippen molar-refractivity contribution in [2.45, 2.75) is 56.6 Å². The molecule has 0 saturated carbocycles. The van der Waals surface area contributed by atoms with Gasteiger partial charge < -0.3 is 19.9 Å². The van der Waals surface area contributed by atoms with Crippen LogP contribution in [0.1, 0.15) is 55.4 Å². The Morgan fingerprint density at radius 3 is 2.06 bits per heavy atom. The first kappa shape index (κ1) is 34.9. The first-order valence-corrected chi connectivity index (χ1v) is 16.2. The molecule has 1 fully saturated rings. The van der Waals surface area contributed by atoms with Gasteiger partial charge >= 0.3 is 12.2 Å². The number of carbonyl (C=O) groups excluding carboxylic acids is 3. The number of hydrogen-bond acceptors (Lipinski definition) is 11. The molecule has 0 radical (unpaired) electrons. The lowest BCUT2D eigenvalue weighted by atomic mass is 9.73. The fourth-order valence-corrected chi connectivity index (χ4v) is 7.64. The summed E-state index contributed by atoms with van der Waals surface area (Å²) < 4.78 is 9.85. The summed E-state index contributed by atoms with van der Waals surface area (Å²) >= 11 is 0.975. The van der Waals surface area contributed by atoms with E-state index < -0.39 is 32.3 Å². The van der Waals surface area contributed by atoms with Crippen LogP contribution in [0.2, 0.25) is 0 Å². The number of benzene rings is 3. The maximum absolute atomic E-state index is 13.5. The quantitative estimate of drug-likeness (QED) is 0.169. The van der Waals surface area contributed by atoms with Gasteiger partial charge in [0.2, 0.25) is 0 Å². The van der Waals surface area contributed by atoms with Crippen molar-refractivity contribution >= 4 is 46.0 Å². The van der Waals surface area contributed by atoms with Crippen LogP contribution >= 0.6 is 11.8 Å². The fraction of sp³-hybridized carbons (Fsp3) is 0.324. The predicted octanol–water partition coefficient (Wildman–Crippen LogP) is 6.77. The van der Waals surface area contributed by atoms with Gasteiger partial charge in [0, 0.05) is 56.3 Å². The van der Waals surface area contributed by atoms with E-state index in [0.29, 0.717) is 47.2 Å². The van der Waals surface area contributed by atoms with Gasteiger partial charge in [-0.15, -0.1) is 0 Å². The second kappa shape index (κ2) is 14.4. The summed E-state index contributed by atoms with van der Waals surface area (Å²) in [6.45, 7) is 3.30. The van der Waals surface area contributed by atoms with Gasteiger partial charge in [0.1, 0.15) is 19.0 Å². The molecule has 0 spiro atoms. The number of rotatable bonds is 10. The van der Waals surface area contributed by atoms with Gasteiger partial charge in [0.05, 0.1) is 20.1 Å². The summed E-state index contributed by atoms with van der Waals surface area (Å²) in [6.07, 6.45) is -0.264. The van der Waals surface area contributed by atoms with E-state index >= 15 is 0 Å². The Morgan fingerprint density at radius 2 is 1.49 bits per heavy atom. The zero-order valence-electron chi connectivity index (χ0n) is 26.7. The van der Waals surface area contributed by atoms with Crippen molar-refractivity contribution in [1.29, 1.82) is 0 Å². The number of thioether (sulfide) groups is 1. The summed E-state index contributed by atoms with van der Waals surface area (Å²) in [5, 5.41) is 36.2. The van der Waals surface area contributed by atoms with Crippen molar-refractivity contribution < 1.29 is 38.8 Å². The van der Waals surface area contributed by atoms with Crippen molar-refractivity contribution in [3.05, 3.63) is 121 Å². The molecule has 1 heterocycles. The Hall–Kier alpha value is -5.44. The molecular weight excluding hydrogens is 656 g/mol. The summed E-state index contributed by atoms with van der Waals surface area (Å²) in [7, 11) is 0. The minimum absolute atomic E-state index is 0.0342. The van der Waals surface area contributed by atoms with Gasteiger partial charge in [-0.25, -0.2) is 9.59 Å². The zero-order valence-corrected chi connectivity index (χ0v) is 27.6. The molecule has 3 aromatic rings. The molecule has 2 N–H and O–H groups in total. The van der Waals surface area contributed by atoms with E-state index in [-0.39, 0.29) is 48.4 Å². The summed E-state index contributed by atoms with van der Waals surface area (Å²) in [6, 6.07) is 18.5. The minimum atomic E-state index is -1.11. The highest BCUT2D eigenvalue weighted by atomic mass is 32.2. The van der Waals surface area contributed by atoms with E-state index in [2.05, 4.69) is 5.32 Å². The lowest BCUT2D eigenvalue weighted by molar-refractivity contribution is -0.385. The van der Waals surface area contributed by atoms with E-state index in [4.69, 9.17) is 9.47 Å². The monoisotopic (exact) mass is 690 g/mol. The fourth-order valence-electron chi connectivity index (χ4n) is 6.45. The normalized spacial score (nSPS) is 19.9. The van der Waals surface area contributed by atoms with Gasteiger partial charge in [-0.05, 0) is 66.3 Å².